The number of amides is 1. The Morgan fingerprint density at radius 1 is 0.875 bits per heavy atom. The van der Waals surface area contributed by atoms with Crippen molar-refractivity contribution in [1.82, 2.24) is 20.1 Å². The van der Waals surface area contributed by atoms with Gasteiger partial charge in [-0.15, -0.1) is 18.3 Å². The molecule has 0 aliphatic carbocycles. The minimum Gasteiger partial charge on any atom is -0.406 e. The summed E-state index contributed by atoms with van der Waals surface area (Å²) in [4.78, 5) is 17.4. The van der Waals surface area contributed by atoms with E-state index in [9.17, 15) is 18.0 Å². The molecule has 0 bridgehead atoms. The van der Waals surface area contributed by atoms with Gasteiger partial charge in [-0.1, -0.05) is 60.7 Å². The number of aromatic nitrogens is 3. The molecule has 0 saturated carbocycles. The minimum absolute atomic E-state index is 0.160. The molecule has 0 spiro atoms. The van der Waals surface area contributed by atoms with Gasteiger partial charge in [-0.25, -0.2) is 9.67 Å². The predicted octanol–water partition coefficient (Wildman–Crippen LogP) is 7.05. The summed E-state index contributed by atoms with van der Waals surface area (Å²) >= 11 is 0. The molecule has 0 aliphatic heterocycles. The molecule has 4 aromatic carbocycles. The molecular formula is C31H25F3N4O2. The average molecular weight is 543 g/mol. The molecule has 0 saturated heterocycles. The number of aryl methyl sites for hydroxylation is 1. The molecule has 9 heteroatoms. The first kappa shape index (κ1) is 26.7. The van der Waals surface area contributed by atoms with Crippen molar-refractivity contribution in [2.75, 3.05) is 0 Å². The van der Waals surface area contributed by atoms with E-state index in [0.29, 0.717) is 23.6 Å². The zero-order chi connectivity index (χ0) is 28.3. The van der Waals surface area contributed by atoms with Crippen LogP contribution in [-0.2, 0) is 6.54 Å². The Morgan fingerprint density at radius 2 is 1.57 bits per heavy atom. The summed E-state index contributed by atoms with van der Waals surface area (Å²) in [6.07, 6.45) is -3.27. The van der Waals surface area contributed by atoms with Gasteiger partial charge in [-0.3, -0.25) is 4.79 Å². The summed E-state index contributed by atoms with van der Waals surface area (Å²) in [5.41, 5.74) is 7.04. The minimum atomic E-state index is -4.75. The van der Waals surface area contributed by atoms with Gasteiger partial charge in [0.25, 0.3) is 5.91 Å². The lowest BCUT2D eigenvalue weighted by atomic mass is 9.93. The van der Waals surface area contributed by atoms with Crippen LogP contribution >= 0.6 is 0 Å². The number of carbonyl (C=O) groups is 1. The van der Waals surface area contributed by atoms with Crippen molar-refractivity contribution in [1.29, 1.82) is 0 Å². The van der Waals surface area contributed by atoms with Gasteiger partial charge in [0.15, 0.2) is 5.82 Å². The van der Waals surface area contributed by atoms with E-state index < -0.39 is 6.36 Å². The lowest BCUT2D eigenvalue weighted by Crippen LogP contribution is -2.23. The van der Waals surface area contributed by atoms with Crippen LogP contribution in [0.3, 0.4) is 0 Å². The second-order valence-corrected chi connectivity index (χ2v) is 9.23. The lowest BCUT2D eigenvalue weighted by molar-refractivity contribution is -0.274. The molecule has 0 aliphatic rings. The van der Waals surface area contributed by atoms with Crippen LogP contribution < -0.4 is 10.1 Å². The van der Waals surface area contributed by atoms with Gasteiger partial charge in [0.1, 0.15) is 12.1 Å². The highest BCUT2D eigenvalue weighted by atomic mass is 19.4. The number of ether oxygens (including phenoxy) is 1. The van der Waals surface area contributed by atoms with E-state index in [1.54, 1.807) is 0 Å². The third kappa shape index (κ3) is 6.04. The van der Waals surface area contributed by atoms with Gasteiger partial charge in [0, 0.05) is 17.7 Å². The number of alkyl halides is 3. The topological polar surface area (TPSA) is 69.0 Å². The lowest BCUT2D eigenvalue weighted by Gasteiger charge is -2.14. The Balaban J connectivity index is 1.25. The average Bonchev–Trinajstić information content (AvgIpc) is 3.43. The molecule has 1 amide bonds. The molecule has 0 radical (unpaired) electrons. The fraction of sp³-hybridized carbons (Fsp3) is 0.129. The van der Waals surface area contributed by atoms with Crippen LogP contribution in [-0.4, -0.2) is 27.0 Å². The summed E-state index contributed by atoms with van der Waals surface area (Å²) in [6.45, 7) is 4.45. The van der Waals surface area contributed by atoms with Crippen LogP contribution in [0, 0.1) is 13.8 Å². The largest absolute Gasteiger partial charge is 0.573 e. The third-order valence-corrected chi connectivity index (χ3v) is 6.56. The Morgan fingerprint density at radius 3 is 2.30 bits per heavy atom. The van der Waals surface area contributed by atoms with Crippen molar-refractivity contribution < 1.29 is 22.7 Å². The highest BCUT2D eigenvalue weighted by Crippen LogP contribution is 2.29. The molecule has 0 atom stereocenters. The highest BCUT2D eigenvalue weighted by Gasteiger charge is 2.31. The van der Waals surface area contributed by atoms with Gasteiger partial charge in [0.2, 0.25) is 0 Å². The zero-order valence-electron chi connectivity index (χ0n) is 21.7. The van der Waals surface area contributed by atoms with E-state index in [-0.39, 0.29) is 11.7 Å². The fourth-order valence-corrected chi connectivity index (χ4v) is 4.33. The van der Waals surface area contributed by atoms with E-state index in [1.165, 1.54) is 40.8 Å². The highest BCUT2D eigenvalue weighted by molar-refractivity contribution is 6.01. The summed E-state index contributed by atoms with van der Waals surface area (Å²) in [7, 11) is 0. The smallest absolute Gasteiger partial charge is 0.406 e. The van der Waals surface area contributed by atoms with Crippen molar-refractivity contribution >= 4 is 5.91 Å². The van der Waals surface area contributed by atoms with Crippen LogP contribution in [0.1, 0.15) is 27.0 Å². The van der Waals surface area contributed by atoms with Gasteiger partial charge < -0.3 is 10.1 Å². The monoisotopic (exact) mass is 542 g/mol. The van der Waals surface area contributed by atoms with Crippen molar-refractivity contribution in [3.05, 3.63) is 120 Å². The Bertz CT molecular complexity index is 1640. The number of nitrogens with zero attached hydrogens (tertiary/aromatic N) is 3. The number of hydrogen-bond donors (Lipinski definition) is 1. The maximum atomic E-state index is 13.1. The van der Waals surface area contributed by atoms with E-state index in [2.05, 4.69) is 40.1 Å². The van der Waals surface area contributed by atoms with E-state index in [1.807, 2.05) is 60.7 Å². The summed E-state index contributed by atoms with van der Waals surface area (Å²) in [5, 5.41) is 7.43. The predicted molar refractivity (Wildman–Crippen MR) is 146 cm³/mol. The van der Waals surface area contributed by atoms with Gasteiger partial charge in [-0.2, -0.15) is 0 Å². The van der Waals surface area contributed by atoms with E-state index >= 15 is 0 Å². The third-order valence-electron chi connectivity index (χ3n) is 6.56. The normalized spacial score (nSPS) is 11.3. The van der Waals surface area contributed by atoms with Crippen LogP contribution in [0.4, 0.5) is 13.2 Å². The van der Waals surface area contributed by atoms with Crippen LogP contribution in [0.5, 0.6) is 5.75 Å². The Hall–Kier alpha value is -4.92. The van der Waals surface area contributed by atoms with Crippen LogP contribution in [0.25, 0.3) is 28.2 Å². The van der Waals surface area contributed by atoms with Crippen LogP contribution in [0.2, 0.25) is 0 Å². The number of halogens is 3. The Kier molecular flexibility index (Phi) is 7.37. The molecule has 202 valence electrons. The molecule has 1 aromatic heterocycles. The molecule has 6 nitrogen and oxygen atoms in total. The van der Waals surface area contributed by atoms with Gasteiger partial charge >= 0.3 is 6.36 Å². The van der Waals surface area contributed by atoms with Gasteiger partial charge in [-0.05, 0) is 72.0 Å². The van der Waals surface area contributed by atoms with Crippen molar-refractivity contribution in [2.24, 2.45) is 0 Å². The molecule has 0 fully saturated rings. The SMILES string of the molecule is Cc1cccc(-c2ccccc2C(=O)NCc2ccc(-c3ncn(-c4ccc(OC(F)(F)F)cc4)n3)cc2)c1C. The maximum Gasteiger partial charge on any atom is 0.573 e. The first-order chi connectivity index (χ1) is 19.2. The first-order valence-electron chi connectivity index (χ1n) is 12.5. The molecule has 40 heavy (non-hydrogen) atoms. The second kappa shape index (κ2) is 11.1. The van der Waals surface area contributed by atoms with Crippen molar-refractivity contribution in [2.45, 2.75) is 26.8 Å². The standard InChI is InChI=1S/C31H25F3N4O2/c1-20-6-5-9-26(21(20)2)27-7-3-4-8-28(27)30(39)35-18-22-10-12-23(13-11-22)29-36-19-38(37-29)24-14-16-25(17-15-24)40-31(32,33)34/h3-17,19H,18H2,1-2H3,(H,35,39). The molecule has 5 aromatic rings. The number of carbonyl (C=O) groups excluding carboxylic acids is 1. The number of nitrogens with one attached hydrogen (secondary N) is 1. The summed E-state index contributed by atoms with van der Waals surface area (Å²) in [5.74, 6) is -0.0191. The molecule has 1 heterocycles. The van der Waals surface area contributed by atoms with Crippen LogP contribution in [0.15, 0.2) is 97.3 Å². The maximum absolute atomic E-state index is 13.1. The number of hydrogen-bond acceptors (Lipinski definition) is 4. The number of rotatable bonds is 7. The zero-order valence-corrected chi connectivity index (χ0v) is 21.7. The first-order valence-corrected chi connectivity index (χ1v) is 12.5. The molecule has 1 N–H and O–H groups in total. The quantitative estimate of drug-likeness (QED) is 0.239. The van der Waals surface area contributed by atoms with Gasteiger partial charge in [0.05, 0.1) is 5.69 Å². The Labute approximate surface area is 229 Å². The summed E-state index contributed by atoms with van der Waals surface area (Å²) in [6, 6.07) is 26.5. The fourth-order valence-electron chi connectivity index (χ4n) is 4.33. The molecular weight excluding hydrogens is 517 g/mol. The van der Waals surface area contributed by atoms with E-state index in [0.717, 1.165) is 27.8 Å². The molecule has 5 rings (SSSR count). The van der Waals surface area contributed by atoms with Crippen molar-refractivity contribution in [3.8, 4) is 34.0 Å². The van der Waals surface area contributed by atoms with Crippen molar-refractivity contribution in [3.63, 3.8) is 0 Å². The van der Waals surface area contributed by atoms with E-state index in [4.69, 9.17) is 0 Å². The summed E-state index contributed by atoms with van der Waals surface area (Å²) < 4.78 is 42.5. The number of benzene rings is 4. The molecule has 0 unspecified atom stereocenters. The second-order valence-electron chi connectivity index (χ2n) is 9.23.